The lowest BCUT2D eigenvalue weighted by Crippen LogP contribution is -2.41. The van der Waals surface area contributed by atoms with Crippen LogP contribution in [0.3, 0.4) is 0 Å². The molecule has 0 N–H and O–H groups in total. The summed E-state index contributed by atoms with van der Waals surface area (Å²) in [7, 11) is -1.09. The zero-order valence-electron chi connectivity index (χ0n) is 11.1. The summed E-state index contributed by atoms with van der Waals surface area (Å²) in [5.74, 6) is 0. The second-order valence-corrected chi connectivity index (χ2v) is 11.9. The van der Waals surface area contributed by atoms with Gasteiger partial charge in [-0.25, -0.2) is 0 Å². The quantitative estimate of drug-likeness (QED) is 0.441. The maximum atomic E-state index is 2.54. The van der Waals surface area contributed by atoms with Crippen LogP contribution in [0.15, 0.2) is 12.2 Å². The normalized spacial score (nSPS) is 16.2. The summed E-state index contributed by atoms with van der Waals surface area (Å²) in [5, 5.41) is 0.530. The molecular formula is C13H28Si. The first-order valence-corrected chi connectivity index (χ1v) is 8.92. The standard InChI is InChI=1S/C13H28Si/c1-8-9-10-11-12(2)14(6,7)13(3,4)5/h8-9,12H,10-11H2,1-7H3. The summed E-state index contributed by atoms with van der Waals surface area (Å²) >= 11 is 0. The van der Waals surface area contributed by atoms with E-state index in [9.17, 15) is 0 Å². The molecule has 0 heterocycles. The van der Waals surface area contributed by atoms with Gasteiger partial charge in [0.2, 0.25) is 0 Å². The molecule has 0 amide bonds. The molecule has 0 nitrogen and oxygen atoms in total. The second-order valence-electron chi connectivity index (χ2n) is 6.02. The van der Waals surface area contributed by atoms with Gasteiger partial charge in [0.15, 0.2) is 0 Å². The van der Waals surface area contributed by atoms with E-state index in [1.165, 1.54) is 12.8 Å². The van der Waals surface area contributed by atoms with Crippen LogP contribution in [0, 0.1) is 0 Å². The molecule has 0 saturated heterocycles. The maximum Gasteiger partial charge on any atom is 0.0556 e. The fraction of sp³-hybridized carbons (Fsp3) is 0.846. The largest absolute Gasteiger partial charge is 0.0917 e. The third-order valence-corrected chi connectivity index (χ3v) is 10.8. The predicted molar refractivity (Wildman–Crippen MR) is 70.7 cm³/mol. The Morgan fingerprint density at radius 2 is 1.71 bits per heavy atom. The van der Waals surface area contributed by atoms with Crippen LogP contribution in [0.25, 0.3) is 0 Å². The summed E-state index contributed by atoms with van der Waals surface area (Å²) in [4.78, 5) is 0. The van der Waals surface area contributed by atoms with Crippen molar-refractivity contribution in [3.8, 4) is 0 Å². The molecule has 0 aliphatic heterocycles. The predicted octanol–water partition coefficient (Wildman–Crippen LogP) is 5.24. The highest BCUT2D eigenvalue weighted by molar-refractivity contribution is 6.81. The highest BCUT2D eigenvalue weighted by Gasteiger charge is 2.38. The van der Waals surface area contributed by atoms with Crippen molar-refractivity contribution in [1.29, 1.82) is 0 Å². The van der Waals surface area contributed by atoms with Crippen molar-refractivity contribution < 1.29 is 0 Å². The van der Waals surface area contributed by atoms with Crippen LogP contribution in [0.1, 0.15) is 47.5 Å². The van der Waals surface area contributed by atoms with Gasteiger partial charge in [-0.1, -0.05) is 52.9 Å². The summed E-state index contributed by atoms with van der Waals surface area (Å²) in [6.45, 7) is 16.8. The van der Waals surface area contributed by atoms with E-state index in [0.717, 1.165) is 5.54 Å². The van der Waals surface area contributed by atoms with Crippen molar-refractivity contribution in [1.82, 2.24) is 0 Å². The van der Waals surface area contributed by atoms with Crippen molar-refractivity contribution in [2.45, 2.75) is 71.1 Å². The Balaban J connectivity index is 4.29. The maximum absolute atomic E-state index is 2.54. The molecule has 1 heteroatoms. The van der Waals surface area contributed by atoms with Gasteiger partial charge in [0, 0.05) is 0 Å². The van der Waals surface area contributed by atoms with Crippen LogP contribution in [0.5, 0.6) is 0 Å². The van der Waals surface area contributed by atoms with Crippen LogP contribution in [-0.4, -0.2) is 8.07 Å². The molecule has 0 bridgehead atoms. The first-order valence-electron chi connectivity index (χ1n) is 5.84. The molecule has 0 aromatic rings. The van der Waals surface area contributed by atoms with Crippen LogP contribution in [0.4, 0.5) is 0 Å². The zero-order chi connectivity index (χ0) is 11.4. The Labute approximate surface area is 91.8 Å². The van der Waals surface area contributed by atoms with Crippen molar-refractivity contribution in [3.63, 3.8) is 0 Å². The van der Waals surface area contributed by atoms with Crippen molar-refractivity contribution in [2.75, 3.05) is 0 Å². The minimum atomic E-state index is -1.09. The number of allylic oxidation sites excluding steroid dienone is 2. The van der Waals surface area contributed by atoms with E-state index in [-0.39, 0.29) is 0 Å². The topological polar surface area (TPSA) is 0 Å². The monoisotopic (exact) mass is 212 g/mol. The highest BCUT2D eigenvalue weighted by atomic mass is 28.3. The third-order valence-electron chi connectivity index (χ3n) is 4.17. The molecule has 14 heavy (non-hydrogen) atoms. The van der Waals surface area contributed by atoms with Gasteiger partial charge < -0.3 is 0 Å². The van der Waals surface area contributed by atoms with Crippen molar-refractivity contribution in [2.24, 2.45) is 0 Å². The number of rotatable bonds is 4. The summed E-state index contributed by atoms with van der Waals surface area (Å²) in [6.07, 6.45) is 7.08. The molecule has 0 fully saturated rings. The summed E-state index contributed by atoms with van der Waals surface area (Å²) in [5.41, 5.74) is 0.915. The van der Waals surface area contributed by atoms with Gasteiger partial charge in [0.1, 0.15) is 0 Å². The Morgan fingerprint density at radius 1 is 1.21 bits per heavy atom. The fourth-order valence-corrected chi connectivity index (χ4v) is 3.98. The molecule has 0 aliphatic rings. The average molecular weight is 212 g/mol. The molecule has 0 aromatic carbocycles. The zero-order valence-corrected chi connectivity index (χ0v) is 12.1. The van der Waals surface area contributed by atoms with E-state index in [0.29, 0.717) is 5.04 Å². The molecule has 84 valence electrons. The van der Waals surface area contributed by atoms with E-state index >= 15 is 0 Å². The lowest BCUT2D eigenvalue weighted by atomic mass is 10.2. The smallest absolute Gasteiger partial charge is 0.0556 e. The minimum Gasteiger partial charge on any atom is -0.0917 e. The first-order chi connectivity index (χ1) is 6.23. The van der Waals surface area contributed by atoms with E-state index in [1.807, 2.05) is 0 Å². The SMILES string of the molecule is CC=CCCC(C)[Si](C)(C)C(C)(C)C. The molecule has 0 aliphatic carbocycles. The van der Waals surface area contributed by atoms with Gasteiger partial charge in [-0.2, -0.15) is 0 Å². The Hall–Kier alpha value is -0.0431. The molecule has 1 atom stereocenters. The molecule has 0 radical (unpaired) electrons. The third kappa shape index (κ3) is 3.60. The van der Waals surface area contributed by atoms with Gasteiger partial charge in [-0.05, 0) is 30.3 Å². The van der Waals surface area contributed by atoms with Crippen molar-refractivity contribution >= 4 is 8.07 Å². The van der Waals surface area contributed by atoms with Crippen LogP contribution in [-0.2, 0) is 0 Å². The van der Waals surface area contributed by atoms with Gasteiger partial charge in [0.05, 0.1) is 8.07 Å². The Bertz CT molecular complexity index is 184. The van der Waals surface area contributed by atoms with Gasteiger partial charge in [0.25, 0.3) is 0 Å². The van der Waals surface area contributed by atoms with Crippen LogP contribution < -0.4 is 0 Å². The van der Waals surface area contributed by atoms with Crippen LogP contribution in [0.2, 0.25) is 23.7 Å². The molecule has 0 rings (SSSR count). The van der Waals surface area contributed by atoms with E-state index < -0.39 is 8.07 Å². The van der Waals surface area contributed by atoms with E-state index in [4.69, 9.17) is 0 Å². The molecule has 0 aromatic heterocycles. The summed E-state index contributed by atoms with van der Waals surface area (Å²) < 4.78 is 0. The molecule has 1 unspecified atom stereocenters. The Morgan fingerprint density at radius 3 is 2.07 bits per heavy atom. The van der Waals surface area contributed by atoms with Gasteiger partial charge in [-0.15, -0.1) is 0 Å². The minimum absolute atomic E-state index is 0.530. The number of hydrogen-bond acceptors (Lipinski definition) is 0. The molecule has 0 saturated carbocycles. The lowest BCUT2D eigenvalue weighted by Gasteiger charge is -2.42. The lowest BCUT2D eigenvalue weighted by molar-refractivity contribution is 0.664. The summed E-state index contributed by atoms with van der Waals surface area (Å²) in [6, 6.07) is 0. The average Bonchev–Trinajstić information content (AvgIpc) is 2.02. The second kappa shape index (κ2) is 5.15. The first kappa shape index (κ1) is 14.0. The highest BCUT2D eigenvalue weighted by Crippen LogP contribution is 2.44. The van der Waals surface area contributed by atoms with Crippen molar-refractivity contribution in [3.05, 3.63) is 12.2 Å². The van der Waals surface area contributed by atoms with Gasteiger partial charge >= 0.3 is 0 Å². The van der Waals surface area contributed by atoms with E-state index in [2.05, 4.69) is 59.9 Å². The fourth-order valence-electron chi connectivity index (χ4n) is 1.61. The van der Waals surface area contributed by atoms with Gasteiger partial charge in [-0.3, -0.25) is 0 Å². The number of hydrogen-bond donors (Lipinski definition) is 0. The Kier molecular flexibility index (Phi) is 5.14. The molecule has 0 spiro atoms. The van der Waals surface area contributed by atoms with E-state index in [1.54, 1.807) is 0 Å². The van der Waals surface area contributed by atoms with Crippen LogP contribution >= 0.6 is 0 Å². The molecular weight excluding hydrogens is 184 g/mol.